The minimum atomic E-state index is -3.89. The molecule has 10 heteroatoms. The molecule has 39 heavy (non-hydrogen) atoms. The maximum atomic E-state index is 14.0. The van der Waals surface area contributed by atoms with Crippen LogP contribution >= 0.6 is 11.6 Å². The Bertz CT molecular complexity index is 1350. The van der Waals surface area contributed by atoms with Gasteiger partial charge in [0.05, 0.1) is 24.1 Å². The highest BCUT2D eigenvalue weighted by atomic mass is 35.5. The highest BCUT2D eigenvalue weighted by Gasteiger charge is 2.33. The molecule has 208 valence electrons. The molecule has 0 saturated carbocycles. The monoisotopic (exact) mass is 571 g/mol. The van der Waals surface area contributed by atoms with E-state index >= 15 is 0 Å². The molecule has 0 bridgehead atoms. The van der Waals surface area contributed by atoms with Gasteiger partial charge in [-0.25, -0.2) is 8.42 Å². The van der Waals surface area contributed by atoms with Crippen LogP contribution in [0.3, 0.4) is 0 Å². The Morgan fingerprint density at radius 1 is 0.974 bits per heavy atom. The molecule has 0 heterocycles. The van der Waals surface area contributed by atoms with Crippen molar-refractivity contribution in [2.45, 2.75) is 32.4 Å². The number of ether oxygens (including phenoxy) is 1. The summed E-state index contributed by atoms with van der Waals surface area (Å²) in [6.45, 7) is 2.01. The van der Waals surface area contributed by atoms with E-state index in [4.69, 9.17) is 16.3 Å². The number of halogens is 1. The number of nitrogens with one attached hydrogen (secondary N) is 1. The van der Waals surface area contributed by atoms with E-state index in [2.05, 4.69) is 5.32 Å². The van der Waals surface area contributed by atoms with E-state index in [0.29, 0.717) is 12.3 Å². The Morgan fingerprint density at radius 2 is 1.59 bits per heavy atom. The third-order valence-electron chi connectivity index (χ3n) is 6.12. The van der Waals surface area contributed by atoms with Gasteiger partial charge in [0.15, 0.2) is 0 Å². The van der Waals surface area contributed by atoms with Gasteiger partial charge in [0.1, 0.15) is 18.3 Å². The second-order valence-electron chi connectivity index (χ2n) is 9.09. The molecule has 3 aromatic rings. The molecule has 0 saturated heterocycles. The summed E-state index contributed by atoms with van der Waals surface area (Å²) in [5.74, 6) is -0.450. The van der Waals surface area contributed by atoms with Crippen LogP contribution in [0.25, 0.3) is 0 Å². The van der Waals surface area contributed by atoms with Gasteiger partial charge in [-0.3, -0.25) is 13.9 Å². The third-order valence-corrected chi connectivity index (χ3v) is 7.55. The Kier molecular flexibility index (Phi) is 10.8. The van der Waals surface area contributed by atoms with Crippen molar-refractivity contribution in [3.8, 4) is 5.75 Å². The van der Waals surface area contributed by atoms with Gasteiger partial charge in [-0.05, 0) is 35.7 Å². The molecule has 0 aliphatic carbocycles. The SMILES string of the molecule is CCCNC(=O)[C@H](Cc1ccccc1)N(Cc1ccccc1)C(=O)CN(c1ccc(OC)c(Cl)c1)S(C)(=O)=O. The zero-order valence-electron chi connectivity index (χ0n) is 22.3. The summed E-state index contributed by atoms with van der Waals surface area (Å²) in [7, 11) is -2.43. The molecular weight excluding hydrogens is 538 g/mol. The molecule has 0 radical (unpaired) electrons. The number of anilines is 1. The standard InChI is InChI=1S/C29H34ClN3O5S/c1-4-17-31-29(35)26(18-22-11-7-5-8-12-22)32(20-23-13-9-6-10-14-23)28(34)21-33(39(3,36)37)24-15-16-27(38-2)25(30)19-24/h5-16,19,26H,4,17-18,20-21H2,1-3H3,(H,31,35)/t26-/m0/s1. The van der Waals surface area contributed by atoms with E-state index in [1.165, 1.54) is 24.1 Å². The Hall–Kier alpha value is -3.56. The normalized spacial score (nSPS) is 11.9. The van der Waals surface area contributed by atoms with Crippen LogP contribution in [0.4, 0.5) is 5.69 Å². The van der Waals surface area contributed by atoms with E-state index < -0.39 is 28.5 Å². The van der Waals surface area contributed by atoms with Crippen molar-refractivity contribution in [1.82, 2.24) is 10.2 Å². The highest BCUT2D eigenvalue weighted by molar-refractivity contribution is 7.92. The highest BCUT2D eigenvalue weighted by Crippen LogP contribution is 2.30. The van der Waals surface area contributed by atoms with Crippen LogP contribution in [-0.2, 0) is 32.6 Å². The smallest absolute Gasteiger partial charge is 0.244 e. The Morgan fingerprint density at radius 3 is 2.13 bits per heavy atom. The molecule has 1 N–H and O–H groups in total. The van der Waals surface area contributed by atoms with E-state index in [1.807, 2.05) is 67.6 Å². The van der Waals surface area contributed by atoms with Gasteiger partial charge in [-0.15, -0.1) is 0 Å². The van der Waals surface area contributed by atoms with Crippen LogP contribution in [0.5, 0.6) is 5.75 Å². The molecule has 0 aromatic heterocycles. The number of benzene rings is 3. The van der Waals surface area contributed by atoms with Crippen LogP contribution in [0, 0.1) is 0 Å². The fraction of sp³-hybridized carbons (Fsp3) is 0.310. The van der Waals surface area contributed by atoms with Crippen LogP contribution in [-0.4, -0.2) is 57.6 Å². The summed E-state index contributed by atoms with van der Waals surface area (Å²) >= 11 is 6.27. The molecule has 0 fully saturated rings. The lowest BCUT2D eigenvalue weighted by atomic mass is 10.0. The zero-order chi connectivity index (χ0) is 28.4. The summed E-state index contributed by atoms with van der Waals surface area (Å²) in [6.07, 6.45) is 2.02. The summed E-state index contributed by atoms with van der Waals surface area (Å²) < 4.78 is 31.9. The molecule has 2 amide bonds. The predicted octanol–water partition coefficient (Wildman–Crippen LogP) is 4.28. The largest absolute Gasteiger partial charge is 0.495 e. The fourth-order valence-corrected chi connectivity index (χ4v) is 5.22. The second-order valence-corrected chi connectivity index (χ2v) is 11.4. The molecule has 8 nitrogen and oxygen atoms in total. The van der Waals surface area contributed by atoms with E-state index in [1.54, 1.807) is 6.07 Å². The Balaban J connectivity index is 2.03. The number of carbonyl (C=O) groups is 2. The molecule has 3 rings (SSSR count). The molecule has 3 aromatic carbocycles. The van der Waals surface area contributed by atoms with Gasteiger partial charge in [0, 0.05) is 19.5 Å². The number of carbonyl (C=O) groups excluding carboxylic acids is 2. The van der Waals surface area contributed by atoms with Crippen LogP contribution < -0.4 is 14.4 Å². The van der Waals surface area contributed by atoms with Gasteiger partial charge < -0.3 is 15.0 Å². The quantitative estimate of drug-likeness (QED) is 0.330. The second kappa shape index (κ2) is 14.0. The van der Waals surface area contributed by atoms with E-state index in [-0.39, 0.29) is 29.6 Å². The van der Waals surface area contributed by atoms with Crippen molar-refractivity contribution >= 4 is 39.1 Å². The number of sulfonamides is 1. The van der Waals surface area contributed by atoms with Gasteiger partial charge >= 0.3 is 0 Å². The predicted molar refractivity (Wildman–Crippen MR) is 154 cm³/mol. The zero-order valence-corrected chi connectivity index (χ0v) is 23.9. The molecule has 1 atom stereocenters. The maximum Gasteiger partial charge on any atom is 0.244 e. The van der Waals surface area contributed by atoms with Crippen molar-refractivity contribution in [3.63, 3.8) is 0 Å². The van der Waals surface area contributed by atoms with Crippen molar-refractivity contribution in [3.05, 3.63) is 95.0 Å². The van der Waals surface area contributed by atoms with Gasteiger partial charge in [-0.1, -0.05) is 79.2 Å². The van der Waals surface area contributed by atoms with Crippen LogP contribution in [0.2, 0.25) is 5.02 Å². The number of methoxy groups -OCH3 is 1. The van der Waals surface area contributed by atoms with Crippen molar-refractivity contribution in [2.24, 2.45) is 0 Å². The topological polar surface area (TPSA) is 96.0 Å². The fourth-order valence-electron chi connectivity index (χ4n) is 4.12. The number of hydrogen-bond acceptors (Lipinski definition) is 5. The summed E-state index contributed by atoms with van der Waals surface area (Å²) in [5, 5.41) is 3.12. The molecular formula is C29H34ClN3O5S. The number of rotatable bonds is 13. The lowest BCUT2D eigenvalue weighted by molar-refractivity contribution is -0.140. The van der Waals surface area contributed by atoms with Gasteiger partial charge in [0.2, 0.25) is 21.8 Å². The van der Waals surface area contributed by atoms with Crippen LogP contribution in [0.1, 0.15) is 24.5 Å². The minimum Gasteiger partial charge on any atom is -0.495 e. The first-order chi connectivity index (χ1) is 18.6. The summed E-state index contributed by atoms with van der Waals surface area (Å²) in [5.41, 5.74) is 1.90. The number of hydrogen-bond donors (Lipinski definition) is 1. The Labute approximate surface area is 235 Å². The van der Waals surface area contributed by atoms with Crippen molar-refractivity contribution < 1.29 is 22.7 Å². The molecule has 0 unspecified atom stereocenters. The molecule has 0 aliphatic rings. The van der Waals surface area contributed by atoms with Crippen molar-refractivity contribution in [1.29, 1.82) is 0 Å². The van der Waals surface area contributed by atoms with E-state index in [0.717, 1.165) is 28.1 Å². The summed E-state index contributed by atoms with van der Waals surface area (Å²) in [6, 6.07) is 22.3. The first-order valence-corrected chi connectivity index (χ1v) is 14.8. The van der Waals surface area contributed by atoms with Crippen molar-refractivity contribution in [2.75, 3.05) is 30.8 Å². The van der Waals surface area contributed by atoms with Gasteiger partial charge in [-0.2, -0.15) is 0 Å². The molecule has 0 spiro atoms. The minimum absolute atomic E-state index is 0.123. The summed E-state index contributed by atoms with van der Waals surface area (Å²) in [4.78, 5) is 28.9. The average molecular weight is 572 g/mol. The third kappa shape index (κ3) is 8.46. The average Bonchev–Trinajstić information content (AvgIpc) is 2.92. The lowest BCUT2D eigenvalue weighted by Gasteiger charge is -2.33. The van der Waals surface area contributed by atoms with E-state index in [9.17, 15) is 18.0 Å². The maximum absolute atomic E-state index is 14.0. The molecule has 0 aliphatic heterocycles. The first kappa shape index (κ1) is 30.0. The van der Waals surface area contributed by atoms with Gasteiger partial charge in [0.25, 0.3) is 0 Å². The lowest BCUT2D eigenvalue weighted by Crippen LogP contribution is -2.53. The van der Waals surface area contributed by atoms with Crippen LogP contribution in [0.15, 0.2) is 78.9 Å². The first-order valence-electron chi connectivity index (χ1n) is 12.6. The number of amides is 2. The number of nitrogens with zero attached hydrogens (tertiary/aromatic N) is 2.